The summed E-state index contributed by atoms with van der Waals surface area (Å²) in [5.41, 5.74) is 2.94. The van der Waals surface area contributed by atoms with Crippen LogP contribution in [-0.4, -0.2) is 40.0 Å². The van der Waals surface area contributed by atoms with Gasteiger partial charge < -0.3 is 14.4 Å². The molecule has 4 rings (SSSR count). The molecule has 0 aliphatic carbocycles. The van der Waals surface area contributed by atoms with E-state index in [0.29, 0.717) is 17.6 Å². The SMILES string of the molecule is Cc1ccc2oc(C(=O)N3CC(C(=O)O)C(c4ccccc4)C3)cc2n1. The molecule has 26 heavy (non-hydrogen) atoms. The van der Waals surface area contributed by atoms with Gasteiger partial charge in [-0.15, -0.1) is 0 Å². The van der Waals surface area contributed by atoms with Crippen LogP contribution in [0.3, 0.4) is 0 Å². The van der Waals surface area contributed by atoms with Crippen molar-refractivity contribution in [2.24, 2.45) is 5.92 Å². The summed E-state index contributed by atoms with van der Waals surface area (Å²) in [5.74, 6) is -1.87. The number of fused-ring (bicyclic) bond motifs is 1. The maximum Gasteiger partial charge on any atom is 0.308 e. The molecule has 0 spiro atoms. The van der Waals surface area contributed by atoms with Crippen LogP contribution in [0, 0.1) is 12.8 Å². The molecule has 1 fully saturated rings. The molecule has 1 aromatic carbocycles. The molecule has 6 nitrogen and oxygen atoms in total. The van der Waals surface area contributed by atoms with E-state index in [2.05, 4.69) is 4.98 Å². The lowest BCUT2D eigenvalue weighted by molar-refractivity contribution is -0.141. The summed E-state index contributed by atoms with van der Waals surface area (Å²) in [6.07, 6.45) is 0. The van der Waals surface area contributed by atoms with Crippen LogP contribution in [0.1, 0.15) is 27.7 Å². The number of carboxylic acids is 1. The molecule has 6 heteroatoms. The Hall–Kier alpha value is -3.15. The second kappa shape index (κ2) is 6.29. The number of hydrogen-bond acceptors (Lipinski definition) is 4. The number of carbonyl (C=O) groups is 2. The van der Waals surface area contributed by atoms with Gasteiger partial charge >= 0.3 is 5.97 Å². The van der Waals surface area contributed by atoms with Crippen LogP contribution in [0.2, 0.25) is 0 Å². The molecule has 1 amide bonds. The summed E-state index contributed by atoms with van der Waals surface area (Å²) in [5, 5.41) is 9.59. The average Bonchev–Trinajstić information content (AvgIpc) is 3.26. The molecular formula is C20H18N2O4. The second-order valence-electron chi connectivity index (χ2n) is 6.62. The Balaban J connectivity index is 1.62. The first-order valence-electron chi connectivity index (χ1n) is 8.47. The Morgan fingerprint density at radius 2 is 1.92 bits per heavy atom. The zero-order chi connectivity index (χ0) is 18.3. The smallest absolute Gasteiger partial charge is 0.308 e. The first-order valence-corrected chi connectivity index (χ1v) is 8.47. The van der Waals surface area contributed by atoms with Gasteiger partial charge in [-0.05, 0) is 24.6 Å². The highest BCUT2D eigenvalue weighted by Crippen LogP contribution is 2.34. The third-order valence-corrected chi connectivity index (χ3v) is 4.88. The molecule has 2 atom stereocenters. The number of nitrogens with zero attached hydrogens (tertiary/aromatic N) is 2. The summed E-state index contributed by atoms with van der Waals surface area (Å²) in [6.45, 7) is 2.39. The quantitative estimate of drug-likeness (QED) is 0.785. The summed E-state index contributed by atoms with van der Waals surface area (Å²) < 4.78 is 5.63. The van der Waals surface area contributed by atoms with Gasteiger partial charge in [0.05, 0.1) is 5.92 Å². The second-order valence-corrected chi connectivity index (χ2v) is 6.62. The number of aliphatic carboxylic acids is 1. The minimum Gasteiger partial charge on any atom is -0.481 e. The summed E-state index contributed by atoms with van der Waals surface area (Å²) in [6, 6.07) is 14.7. The van der Waals surface area contributed by atoms with Gasteiger partial charge in [-0.3, -0.25) is 9.59 Å². The van der Waals surface area contributed by atoms with Crippen LogP contribution in [-0.2, 0) is 4.79 Å². The van der Waals surface area contributed by atoms with E-state index < -0.39 is 11.9 Å². The van der Waals surface area contributed by atoms with Crippen molar-refractivity contribution in [1.82, 2.24) is 9.88 Å². The van der Waals surface area contributed by atoms with Crippen molar-refractivity contribution in [3.05, 3.63) is 65.5 Å². The lowest BCUT2D eigenvalue weighted by Gasteiger charge is -2.15. The third-order valence-electron chi connectivity index (χ3n) is 4.88. The zero-order valence-corrected chi connectivity index (χ0v) is 14.3. The van der Waals surface area contributed by atoms with E-state index >= 15 is 0 Å². The lowest BCUT2D eigenvalue weighted by Crippen LogP contribution is -2.29. The minimum atomic E-state index is -0.893. The molecule has 1 aliphatic heterocycles. The van der Waals surface area contributed by atoms with E-state index in [-0.39, 0.29) is 24.1 Å². The Labute approximate surface area is 150 Å². The van der Waals surface area contributed by atoms with E-state index in [1.54, 1.807) is 17.0 Å². The standard InChI is InChI=1S/C20H18N2O4/c1-12-7-8-17-16(21-12)9-18(26-17)19(23)22-10-14(15(11-22)20(24)25)13-5-3-2-4-6-13/h2-9,14-15H,10-11H2,1H3,(H,24,25). The molecule has 2 aromatic heterocycles. The molecule has 1 aliphatic rings. The molecule has 3 heterocycles. The normalized spacial score (nSPS) is 19.8. The number of carboxylic acid groups (broad SMARTS) is 1. The van der Waals surface area contributed by atoms with Gasteiger partial charge in [0, 0.05) is 30.8 Å². The van der Waals surface area contributed by atoms with Gasteiger partial charge in [0.2, 0.25) is 0 Å². The van der Waals surface area contributed by atoms with Crippen LogP contribution in [0.5, 0.6) is 0 Å². The van der Waals surface area contributed by atoms with E-state index in [4.69, 9.17) is 4.42 Å². The number of rotatable bonds is 3. The fraction of sp³-hybridized carbons (Fsp3) is 0.250. The van der Waals surface area contributed by atoms with Gasteiger partial charge in [0.25, 0.3) is 5.91 Å². The molecular weight excluding hydrogens is 332 g/mol. The molecule has 0 saturated carbocycles. The van der Waals surface area contributed by atoms with Crippen LogP contribution in [0.4, 0.5) is 0 Å². The summed E-state index contributed by atoms with van der Waals surface area (Å²) in [4.78, 5) is 30.5. The highest BCUT2D eigenvalue weighted by Gasteiger charge is 2.41. The highest BCUT2D eigenvalue weighted by atomic mass is 16.4. The Morgan fingerprint density at radius 1 is 1.15 bits per heavy atom. The lowest BCUT2D eigenvalue weighted by atomic mass is 9.89. The minimum absolute atomic E-state index is 0.164. The van der Waals surface area contributed by atoms with Gasteiger partial charge in [-0.2, -0.15) is 0 Å². The monoisotopic (exact) mass is 350 g/mol. The highest BCUT2D eigenvalue weighted by molar-refractivity contribution is 5.96. The van der Waals surface area contributed by atoms with Gasteiger partial charge in [-0.25, -0.2) is 4.98 Å². The fourth-order valence-corrected chi connectivity index (χ4v) is 3.54. The van der Waals surface area contributed by atoms with Crippen molar-refractivity contribution in [1.29, 1.82) is 0 Å². The van der Waals surface area contributed by atoms with Crippen LogP contribution in [0.15, 0.2) is 52.9 Å². The fourth-order valence-electron chi connectivity index (χ4n) is 3.54. The summed E-state index contributed by atoms with van der Waals surface area (Å²) >= 11 is 0. The molecule has 3 aromatic rings. The van der Waals surface area contributed by atoms with E-state index in [1.165, 1.54) is 0 Å². The number of pyridine rings is 1. The topological polar surface area (TPSA) is 83.6 Å². The molecule has 1 N–H and O–H groups in total. The maximum atomic E-state index is 12.9. The Kier molecular flexibility index (Phi) is 3.95. The number of aryl methyl sites for hydroxylation is 1. The van der Waals surface area contributed by atoms with E-state index in [9.17, 15) is 14.7 Å². The van der Waals surface area contributed by atoms with Crippen LogP contribution >= 0.6 is 0 Å². The Morgan fingerprint density at radius 3 is 2.65 bits per heavy atom. The van der Waals surface area contributed by atoms with Gasteiger partial charge in [0.1, 0.15) is 5.52 Å². The summed E-state index contributed by atoms with van der Waals surface area (Å²) in [7, 11) is 0. The van der Waals surface area contributed by atoms with Gasteiger partial charge in [0.15, 0.2) is 11.3 Å². The third kappa shape index (κ3) is 2.83. The van der Waals surface area contributed by atoms with Crippen molar-refractivity contribution in [2.45, 2.75) is 12.8 Å². The Bertz CT molecular complexity index is 980. The largest absolute Gasteiger partial charge is 0.481 e. The van der Waals surface area contributed by atoms with E-state index in [0.717, 1.165) is 11.3 Å². The van der Waals surface area contributed by atoms with Crippen molar-refractivity contribution < 1.29 is 19.1 Å². The molecule has 0 radical (unpaired) electrons. The number of benzene rings is 1. The number of furan rings is 1. The molecule has 1 saturated heterocycles. The number of hydrogen-bond donors (Lipinski definition) is 1. The van der Waals surface area contributed by atoms with Crippen molar-refractivity contribution >= 4 is 23.0 Å². The van der Waals surface area contributed by atoms with Crippen LogP contribution < -0.4 is 0 Å². The van der Waals surface area contributed by atoms with Gasteiger partial charge in [-0.1, -0.05) is 30.3 Å². The zero-order valence-electron chi connectivity index (χ0n) is 14.3. The van der Waals surface area contributed by atoms with Crippen LogP contribution in [0.25, 0.3) is 11.1 Å². The van der Waals surface area contributed by atoms with Crippen molar-refractivity contribution in [3.8, 4) is 0 Å². The molecule has 132 valence electrons. The first kappa shape index (κ1) is 16.3. The average molecular weight is 350 g/mol. The number of amides is 1. The van der Waals surface area contributed by atoms with Crippen molar-refractivity contribution in [2.75, 3.05) is 13.1 Å². The molecule has 0 bridgehead atoms. The first-order chi connectivity index (χ1) is 12.5. The number of likely N-dealkylation sites (tertiary alicyclic amines) is 1. The predicted molar refractivity (Wildman–Crippen MR) is 95.0 cm³/mol. The predicted octanol–water partition coefficient (Wildman–Crippen LogP) is 3.08. The maximum absolute atomic E-state index is 12.9. The number of aromatic nitrogens is 1. The van der Waals surface area contributed by atoms with Crippen molar-refractivity contribution in [3.63, 3.8) is 0 Å². The number of carbonyl (C=O) groups excluding carboxylic acids is 1. The van der Waals surface area contributed by atoms with E-state index in [1.807, 2.05) is 43.3 Å². The molecule has 2 unspecified atom stereocenters.